The number of carbonyl (C=O) groups is 1. The Morgan fingerprint density at radius 2 is 2.11 bits per heavy atom. The molecule has 1 saturated heterocycles. The van der Waals surface area contributed by atoms with Crippen molar-refractivity contribution in [3.63, 3.8) is 0 Å². The molecule has 0 spiro atoms. The van der Waals surface area contributed by atoms with Crippen molar-refractivity contribution in [1.29, 1.82) is 0 Å². The van der Waals surface area contributed by atoms with Crippen molar-refractivity contribution in [2.45, 2.75) is 32.7 Å². The number of nitrogens with zero attached hydrogens (tertiary/aromatic N) is 3. The van der Waals surface area contributed by atoms with Gasteiger partial charge in [-0.3, -0.25) is 9.78 Å². The van der Waals surface area contributed by atoms with E-state index in [1.54, 1.807) is 23.2 Å². The van der Waals surface area contributed by atoms with Crippen LogP contribution in [0.15, 0.2) is 47.1 Å². The van der Waals surface area contributed by atoms with Crippen LogP contribution in [0.3, 0.4) is 0 Å². The molecule has 1 aromatic carbocycles. The summed E-state index contributed by atoms with van der Waals surface area (Å²) in [5, 5.41) is 3.98. The summed E-state index contributed by atoms with van der Waals surface area (Å²) < 4.78 is 18.7. The second-order valence-electron chi connectivity index (χ2n) is 6.84. The van der Waals surface area contributed by atoms with E-state index in [4.69, 9.17) is 4.52 Å². The summed E-state index contributed by atoms with van der Waals surface area (Å²) in [5.74, 6) is 0.193. The van der Waals surface area contributed by atoms with Gasteiger partial charge in [0.05, 0.1) is 17.4 Å². The monoisotopic (exact) mass is 365 g/mol. The number of benzene rings is 1. The maximum Gasteiger partial charge on any atom is 0.254 e. The van der Waals surface area contributed by atoms with Crippen molar-refractivity contribution in [2.75, 3.05) is 6.54 Å². The molecule has 3 heterocycles. The summed E-state index contributed by atoms with van der Waals surface area (Å²) in [5.41, 5.74) is 3.93. The predicted molar refractivity (Wildman–Crippen MR) is 98.6 cm³/mol. The average molecular weight is 365 g/mol. The highest BCUT2D eigenvalue weighted by atomic mass is 19.1. The third kappa shape index (κ3) is 3.23. The molecule has 3 aromatic rings. The minimum Gasteiger partial charge on any atom is -0.361 e. The van der Waals surface area contributed by atoms with Crippen molar-refractivity contribution < 1.29 is 13.7 Å². The molecule has 5 nitrogen and oxygen atoms in total. The smallest absolute Gasteiger partial charge is 0.254 e. The van der Waals surface area contributed by atoms with Crippen LogP contribution < -0.4 is 0 Å². The summed E-state index contributed by atoms with van der Waals surface area (Å²) in [7, 11) is 0. The van der Waals surface area contributed by atoms with Gasteiger partial charge in [0.25, 0.3) is 5.91 Å². The molecule has 6 heteroatoms. The summed E-state index contributed by atoms with van der Waals surface area (Å²) in [6.07, 6.45) is 3.54. The minimum atomic E-state index is -0.404. The van der Waals surface area contributed by atoms with E-state index in [2.05, 4.69) is 10.1 Å². The summed E-state index contributed by atoms with van der Waals surface area (Å²) >= 11 is 0. The number of carbonyl (C=O) groups excluding carboxylic acids is 1. The number of rotatable bonds is 3. The molecule has 0 bridgehead atoms. The van der Waals surface area contributed by atoms with E-state index in [1.807, 2.05) is 26.0 Å². The van der Waals surface area contributed by atoms with Crippen LogP contribution >= 0.6 is 0 Å². The molecule has 0 N–H and O–H groups in total. The first kappa shape index (κ1) is 17.4. The van der Waals surface area contributed by atoms with E-state index < -0.39 is 5.82 Å². The molecule has 27 heavy (non-hydrogen) atoms. The molecular formula is C21H20FN3O2. The van der Waals surface area contributed by atoms with Gasteiger partial charge in [0.15, 0.2) is 0 Å². The van der Waals surface area contributed by atoms with E-state index in [0.29, 0.717) is 12.1 Å². The fourth-order valence-corrected chi connectivity index (χ4v) is 3.75. The number of aromatic nitrogens is 2. The van der Waals surface area contributed by atoms with E-state index in [9.17, 15) is 9.18 Å². The number of halogens is 1. The molecule has 4 rings (SSSR count). The lowest BCUT2D eigenvalue weighted by molar-refractivity contribution is 0.0732. The van der Waals surface area contributed by atoms with E-state index in [1.165, 1.54) is 12.1 Å². The van der Waals surface area contributed by atoms with Gasteiger partial charge in [0.1, 0.15) is 11.6 Å². The van der Waals surface area contributed by atoms with Gasteiger partial charge < -0.3 is 9.42 Å². The Hall–Kier alpha value is -3.02. The van der Waals surface area contributed by atoms with Crippen molar-refractivity contribution in [3.8, 4) is 11.1 Å². The number of likely N-dealkylation sites (tertiary alicyclic amines) is 1. The Labute approximate surface area is 156 Å². The van der Waals surface area contributed by atoms with Gasteiger partial charge in [-0.05, 0) is 51.0 Å². The predicted octanol–water partition coefficient (Wildman–Crippen LogP) is 4.47. The van der Waals surface area contributed by atoms with Crippen LogP contribution in [0.25, 0.3) is 11.1 Å². The standard InChI is InChI=1S/C21H20FN3O2/c1-13-20(14(2)27-24-13)16-8-9-18(23-12-16)19-7-4-10-25(19)21(26)15-5-3-6-17(22)11-15/h3,5-6,8-9,11-12,19H,4,7,10H2,1-2H3. The van der Waals surface area contributed by atoms with Crippen molar-refractivity contribution in [1.82, 2.24) is 15.0 Å². The largest absolute Gasteiger partial charge is 0.361 e. The number of pyridine rings is 1. The lowest BCUT2D eigenvalue weighted by Crippen LogP contribution is -2.31. The molecule has 0 radical (unpaired) electrons. The highest BCUT2D eigenvalue weighted by molar-refractivity contribution is 5.94. The van der Waals surface area contributed by atoms with Crippen molar-refractivity contribution >= 4 is 5.91 Å². The quantitative estimate of drug-likeness (QED) is 0.687. The lowest BCUT2D eigenvalue weighted by atomic mass is 10.0. The highest BCUT2D eigenvalue weighted by Crippen LogP contribution is 2.33. The van der Waals surface area contributed by atoms with Crippen LogP contribution in [-0.2, 0) is 0 Å². The van der Waals surface area contributed by atoms with Gasteiger partial charge in [0, 0.05) is 29.4 Å². The summed E-state index contributed by atoms with van der Waals surface area (Å²) in [6, 6.07) is 9.67. The molecule has 2 aromatic heterocycles. The molecule has 1 fully saturated rings. The van der Waals surface area contributed by atoms with E-state index in [-0.39, 0.29) is 11.9 Å². The Balaban J connectivity index is 1.60. The molecule has 138 valence electrons. The minimum absolute atomic E-state index is 0.0977. The number of aryl methyl sites for hydroxylation is 2. The normalized spacial score (nSPS) is 16.7. The second-order valence-corrected chi connectivity index (χ2v) is 6.84. The molecule has 1 unspecified atom stereocenters. The first-order valence-electron chi connectivity index (χ1n) is 9.00. The average Bonchev–Trinajstić information content (AvgIpc) is 3.28. The molecule has 1 aliphatic heterocycles. The SMILES string of the molecule is Cc1noc(C)c1-c1ccc(C2CCCN2C(=O)c2cccc(F)c2)nc1. The van der Waals surface area contributed by atoms with Crippen LogP contribution in [0, 0.1) is 19.7 Å². The molecule has 0 aliphatic carbocycles. The van der Waals surface area contributed by atoms with Crippen LogP contribution in [0.5, 0.6) is 0 Å². The first-order valence-corrected chi connectivity index (χ1v) is 9.00. The van der Waals surface area contributed by atoms with Gasteiger partial charge in [-0.15, -0.1) is 0 Å². The van der Waals surface area contributed by atoms with Crippen LogP contribution in [0.4, 0.5) is 4.39 Å². The first-order chi connectivity index (χ1) is 13.0. The van der Waals surface area contributed by atoms with Gasteiger partial charge in [-0.25, -0.2) is 4.39 Å². The van der Waals surface area contributed by atoms with Gasteiger partial charge in [-0.2, -0.15) is 0 Å². The second kappa shape index (κ2) is 6.95. The Kier molecular flexibility index (Phi) is 4.48. The number of hydrogen-bond donors (Lipinski definition) is 0. The Morgan fingerprint density at radius 1 is 1.26 bits per heavy atom. The Morgan fingerprint density at radius 3 is 2.78 bits per heavy atom. The fourth-order valence-electron chi connectivity index (χ4n) is 3.75. The van der Waals surface area contributed by atoms with Gasteiger partial charge >= 0.3 is 0 Å². The van der Waals surface area contributed by atoms with Gasteiger partial charge in [-0.1, -0.05) is 17.3 Å². The summed E-state index contributed by atoms with van der Waals surface area (Å²) in [6.45, 7) is 4.42. The van der Waals surface area contributed by atoms with E-state index in [0.717, 1.165) is 41.1 Å². The van der Waals surface area contributed by atoms with Crippen LogP contribution in [-0.4, -0.2) is 27.5 Å². The molecule has 1 amide bonds. The third-order valence-corrected chi connectivity index (χ3v) is 5.04. The topological polar surface area (TPSA) is 59.2 Å². The zero-order chi connectivity index (χ0) is 19.0. The van der Waals surface area contributed by atoms with Crippen molar-refractivity contribution in [2.24, 2.45) is 0 Å². The summed E-state index contributed by atoms with van der Waals surface area (Å²) in [4.78, 5) is 19.2. The number of hydrogen-bond acceptors (Lipinski definition) is 4. The Bertz CT molecular complexity index is 962. The van der Waals surface area contributed by atoms with E-state index >= 15 is 0 Å². The van der Waals surface area contributed by atoms with Crippen LogP contribution in [0.1, 0.15) is 46.4 Å². The zero-order valence-electron chi connectivity index (χ0n) is 15.3. The third-order valence-electron chi connectivity index (χ3n) is 5.04. The van der Waals surface area contributed by atoms with Crippen molar-refractivity contribution in [3.05, 3.63) is 71.1 Å². The molecule has 0 saturated carbocycles. The number of amides is 1. The lowest BCUT2D eigenvalue weighted by Gasteiger charge is -2.24. The highest BCUT2D eigenvalue weighted by Gasteiger charge is 2.31. The van der Waals surface area contributed by atoms with Gasteiger partial charge in [0.2, 0.25) is 0 Å². The zero-order valence-corrected chi connectivity index (χ0v) is 15.3. The molecular weight excluding hydrogens is 345 g/mol. The molecule has 1 aliphatic rings. The fraction of sp³-hybridized carbons (Fsp3) is 0.286. The van der Waals surface area contributed by atoms with Crippen LogP contribution in [0.2, 0.25) is 0 Å². The molecule has 1 atom stereocenters. The maximum atomic E-state index is 13.5. The maximum absolute atomic E-state index is 13.5.